The van der Waals surface area contributed by atoms with Gasteiger partial charge in [0.1, 0.15) is 5.75 Å². The van der Waals surface area contributed by atoms with Crippen LogP contribution in [0.25, 0.3) is 0 Å². The third-order valence-corrected chi connectivity index (χ3v) is 4.74. The van der Waals surface area contributed by atoms with Crippen LogP contribution in [0.5, 0.6) is 5.75 Å². The van der Waals surface area contributed by atoms with Crippen molar-refractivity contribution in [1.29, 1.82) is 0 Å². The molecule has 23 heavy (non-hydrogen) atoms. The van der Waals surface area contributed by atoms with Gasteiger partial charge >= 0.3 is 5.97 Å². The molecule has 0 heterocycles. The number of hydrogen-bond acceptors (Lipinski definition) is 4. The van der Waals surface area contributed by atoms with Crippen molar-refractivity contribution in [3.05, 3.63) is 60.2 Å². The fourth-order valence-electron chi connectivity index (χ4n) is 2.10. The Hall–Kier alpha value is -2.38. The zero-order valence-corrected chi connectivity index (χ0v) is 13.3. The van der Waals surface area contributed by atoms with Gasteiger partial charge in [-0.1, -0.05) is 30.3 Å². The van der Waals surface area contributed by atoms with Gasteiger partial charge in [-0.3, -0.25) is 4.79 Å². The van der Waals surface area contributed by atoms with Crippen LogP contribution in [0.1, 0.15) is 18.0 Å². The number of sulfonamides is 1. The molecule has 0 amide bonds. The molecule has 2 aromatic rings. The third-order valence-electron chi connectivity index (χ3n) is 3.25. The molecule has 2 aromatic carbocycles. The van der Waals surface area contributed by atoms with Crippen LogP contribution in [0.15, 0.2) is 59.5 Å². The minimum Gasteiger partial charge on any atom is -0.497 e. The molecule has 0 radical (unpaired) electrons. The molecular weight excluding hydrogens is 318 g/mol. The Morgan fingerprint density at radius 3 is 2.26 bits per heavy atom. The summed E-state index contributed by atoms with van der Waals surface area (Å²) in [6.45, 7) is 0. The van der Waals surface area contributed by atoms with Gasteiger partial charge in [-0.2, -0.15) is 0 Å². The van der Waals surface area contributed by atoms with Gasteiger partial charge in [0, 0.05) is 0 Å². The second-order valence-corrected chi connectivity index (χ2v) is 6.57. The summed E-state index contributed by atoms with van der Waals surface area (Å²) in [4.78, 5) is 11.1. The molecule has 0 spiro atoms. The van der Waals surface area contributed by atoms with Crippen molar-refractivity contribution in [3.8, 4) is 5.75 Å². The average Bonchev–Trinajstić information content (AvgIpc) is 2.54. The lowest BCUT2D eigenvalue weighted by atomic mass is 10.1. The van der Waals surface area contributed by atoms with Crippen LogP contribution in [0.2, 0.25) is 0 Å². The number of nitrogens with one attached hydrogen (secondary N) is 1. The summed E-state index contributed by atoms with van der Waals surface area (Å²) in [6, 6.07) is 13.6. The highest BCUT2D eigenvalue weighted by Crippen LogP contribution is 2.21. The first kappa shape index (κ1) is 17.0. The Bertz CT molecular complexity index is 757. The maximum Gasteiger partial charge on any atom is 0.305 e. The molecule has 0 saturated heterocycles. The molecular formula is C16H17NO5S. The minimum atomic E-state index is -3.85. The molecule has 0 bridgehead atoms. The van der Waals surface area contributed by atoms with Gasteiger partial charge in [0.2, 0.25) is 10.0 Å². The zero-order valence-electron chi connectivity index (χ0n) is 12.5. The highest BCUT2D eigenvalue weighted by atomic mass is 32.2. The van der Waals surface area contributed by atoms with Crippen LogP contribution in [0, 0.1) is 0 Å². The van der Waals surface area contributed by atoms with Crippen molar-refractivity contribution in [2.45, 2.75) is 17.4 Å². The summed E-state index contributed by atoms with van der Waals surface area (Å²) in [6.07, 6.45) is -0.348. The Morgan fingerprint density at radius 1 is 1.13 bits per heavy atom. The van der Waals surface area contributed by atoms with Gasteiger partial charge in [0.15, 0.2) is 0 Å². The second-order valence-electron chi connectivity index (χ2n) is 4.86. The number of carbonyl (C=O) groups is 1. The van der Waals surface area contributed by atoms with Crippen molar-refractivity contribution < 1.29 is 23.1 Å². The lowest BCUT2D eigenvalue weighted by Gasteiger charge is -2.17. The highest BCUT2D eigenvalue weighted by Gasteiger charge is 2.23. The maximum absolute atomic E-state index is 12.5. The van der Waals surface area contributed by atoms with Crippen LogP contribution in [-0.2, 0) is 14.8 Å². The van der Waals surface area contributed by atoms with E-state index in [1.807, 2.05) is 0 Å². The first-order valence-electron chi connectivity index (χ1n) is 6.85. The molecule has 1 atom stereocenters. The normalized spacial score (nSPS) is 12.6. The molecule has 0 aromatic heterocycles. The number of benzene rings is 2. The number of ether oxygens (including phenoxy) is 1. The summed E-state index contributed by atoms with van der Waals surface area (Å²) >= 11 is 0. The van der Waals surface area contributed by atoms with Gasteiger partial charge in [-0.05, 0) is 29.8 Å². The van der Waals surface area contributed by atoms with E-state index in [1.54, 1.807) is 30.3 Å². The van der Waals surface area contributed by atoms with Crippen molar-refractivity contribution in [2.75, 3.05) is 7.11 Å². The molecule has 6 nitrogen and oxygen atoms in total. The Balaban J connectivity index is 2.28. The smallest absolute Gasteiger partial charge is 0.305 e. The number of aliphatic carboxylic acids is 1. The number of rotatable bonds is 7. The zero-order chi connectivity index (χ0) is 16.9. The molecule has 0 fully saturated rings. The van der Waals surface area contributed by atoms with Gasteiger partial charge in [-0.15, -0.1) is 0 Å². The van der Waals surface area contributed by atoms with Gasteiger partial charge in [-0.25, -0.2) is 13.1 Å². The molecule has 0 aliphatic carbocycles. The van der Waals surface area contributed by atoms with E-state index in [2.05, 4.69) is 4.72 Å². The molecule has 0 unspecified atom stereocenters. The van der Waals surface area contributed by atoms with E-state index in [9.17, 15) is 13.2 Å². The van der Waals surface area contributed by atoms with Gasteiger partial charge < -0.3 is 9.84 Å². The van der Waals surface area contributed by atoms with E-state index in [-0.39, 0.29) is 11.3 Å². The van der Waals surface area contributed by atoms with Gasteiger partial charge in [0.25, 0.3) is 0 Å². The summed E-state index contributed by atoms with van der Waals surface area (Å²) in [5.74, 6) is -0.551. The predicted octanol–water partition coefficient (Wildman–Crippen LogP) is 2.19. The lowest BCUT2D eigenvalue weighted by Crippen LogP contribution is -2.30. The van der Waals surface area contributed by atoms with Crippen LogP contribution in [0.3, 0.4) is 0 Å². The van der Waals surface area contributed by atoms with E-state index in [4.69, 9.17) is 9.84 Å². The van der Waals surface area contributed by atoms with Crippen LogP contribution >= 0.6 is 0 Å². The fourth-order valence-corrected chi connectivity index (χ4v) is 3.32. The number of carboxylic acid groups (broad SMARTS) is 1. The summed E-state index contributed by atoms with van der Waals surface area (Å²) < 4.78 is 32.3. The Kier molecular flexibility index (Phi) is 5.36. The van der Waals surface area contributed by atoms with E-state index < -0.39 is 22.0 Å². The lowest BCUT2D eigenvalue weighted by molar-refractivity contribution is -0.137. The standard InChI is InChI=1S/C16H17NO5S/c1-22-13-7-9-14(10-8-13)23(20,21)17-15(11-16(18)19)12-5-3-2-4-6-12/h2-10,15,17H,11H2,1H3,(H,18,19)/t15-/m0/s1. The van der Waals surface area contributed by atoms with E-state index in [0.717, 1.165) is 0 Å². The van der Waals surface area contributed by atoms with Crippen LogP contribution < -0.4 is 9.46 Å². The number of methoxy groups -OCH3 is 1. The van der Waals surface area contributed by atoms with E-state index in [1.165, 1.54) is 31.4 Å². The summed E-state index contributed by atoms with van der Waals surface area (Å²) in [7, 11) is -2.36. The van der Waals surface area contributed by atoms with E-state index >= 15 is 0 Å². The molecule has 122 valence electrons. The number of hydrogen-bond donors (Lipinski definition) is 2. The monoisotopic (exact) mass is 335 g/mol. The van der Waals surface area contributed by atoms with E-state index in [0.29, 0.717) is 11.3 Å². The van der Waals surface area contributed by atoms with Crippen molar-refractivity contribution >= 4 is 16.0 Å². The molecule has 0 aliphatic heterocycles. The van der Waals surface area contributed by atoms with Crippen molar-refractivity contribution in [2.24, 2.45) is 0 Å². The quantitative estimate of drug-likeness (QED) is 0.809. The van der Waals surface area contributed by atoms with Crippen molar-refractivity contribution in [1.82, 2.24) is 4.72 Å². The molecule has 2 rings (SSSR count). The average molecular weight is 335 g/mol. The largest absolute Gasteiger partial charge is 0.497 e. The molecule has 0 aliphatic rings. The minimum absolute atomic E-state index is 0.0459. The SMILES string of the molecule is COc1ccc(S(=O)(=O)N[C@@H](CC(=O)O)c2ccccc2)cc1. The first-order valence-corrected chi connectivity index (χ1v) is 8.34. The summed E-state index contributed by atoms with van der Waals surface area (Å²) in [5, 5.41) is 9.03. The Labute approximate surface area is 134 Å². The van der Waals surface area contributed by atoms with Crippen molar-refractivity contribution in [3.63, 3.8) is 0 Å². The summed E-state index contributed by atoms with van der Waals surface area (Å²) in [5.41, 5.74) is 0.590. The van der Waals surface area contributed by atoms with Crippen LogP contribution in [0.4, 0.5) is 0 Å². The molecule has 2 N–H and O–H groups in total. The first-order chi connectivity index (χ1) is 10.9. The maximum atomic E-state index is 12.5. The predicted molar refractivity (Wildman–Crippen MR) is 84.8 cm³/mol. The topological polar surface area (TPSA) is 92.7 Å². The second kappa shape index (κ2) is 7.26. The third kappa shape index (κ3) is 4.54. The van der Waals surface area contributed by atoms with Gasteiger partial charge in [0.05, 0.1) is 24.5 Å². The number of carboxylic acids is 1. The molecule has 0 saturated carbocycles. The fraction of sp³-hybridized carbons (Fsp3) is 0.188. The molecule has 7 heteroatoms. The van der Waals surface area contributed by atoms with Crippen LogP contribution in [-0.4, -0.2) is 26.6 Å². The Morgan fingerprint density at radius 2 is 1.74 bits per heavy atom. The highest BCUT2D eigenvalue weighted by molar-refractivity contribution is 7.89.